The Balaban J connectivity index is 3.07. The summed E-state index contributed by atoms with van der Waals surface area (Å²) < 4.78 is 35.4. The van der Waals surface area contributed by atoms with Gasteiger partial charge in [-0.05, 0) is 25.1 Å². The van der Waals surface area contributed by atoms with Gasteiger partial charge in [0.05, 0.1) is 4.90 Å². The van der Waals surface area contributed by atoms with Gasteiger partial charge in [0.25, 0.3) is 15.0 Å². The van der Waals surface area contributed by atoms with Crippen LogP contribution in [-0.2, 0) is 9.05 Å². The van der Waals surface area contributed by atoms with Crippen molar-refractivity contribution >= 4 is 25.6 Å². The highest BCUT2D eigenvalue weighted by molar-refractivity contribution is 8.13. The topological polar surface area (TPSA) is 63.2 Å². The summed E-state index contributed by atoms with van der Waals surface area (Å²) >= 11 is 0. The van der Waals surface area contributed by atoms with E-state index in [1.54, 1.807) is 6.92 Å². The van der Waals surface area contributed by atoms with E-state index in [-0.39, 0.29) is 12.1 Å². The summed E-state index contributed by atoms with van der Waals surface area (Å²) in [5.41, 5.74) is 0.598. The van der Waals surface area contributed by atoms with E-state index < -0.39 is 25.7 Å². The van der Waals surface area contributed by atoms with Crippen LogP contribution < -0.4 is 5.32 Å². The lowest BCUT2D eigenvalue weighted by atomic mass is 10.2. The lowest BCUT2D eigenvalue weighted by molar-refractivity contribution is 0.0956. The molecule has 0 aromatic heterocycles. The van der Waals surface area contributed by atoms with Gasteiger partial charge < -0.3 is 5.32 Å². The largest absolute Gasteiger partial charge is 0.348 e. The Kier molecular flexibility index (Phi) is 4.48. The van der Waals surface area contributed by atoms with Crippen LogP contribution in [0.4, 0.5) is 4.39 Å². The second-order valence-corrected chi connectivity index (χ2v) is 6.32. The Bertz CT molecular complexity index is 598. The molecule has 0 unspecified atom stereocenters. The van der Waals surface area contributed by atoms with E-state index in [9.17, 15) is 17.6 Å². The highest BCUT2D eigenvalue weighted by Gasteiger charge is 2.15. The van der Waals surface area contributed by atoms with Gasteiger partial charge in [-0.2, -0.15) is 0 Å². The zero-order valence-corrected chi connectivity index (χ0v) is 11.1. The second kappa shape index (κ2) is 5.49. The van der Waals surface area contributed by atoms with E-state index in [1.807, 2.05) is 0 Å². The molecule has 0 saturated carbocycles. The standard InChI is InChI=1S/C11H11ClFNO3S/c1-7(2)6-14-11(15)8-3-9(13)5-10(4-8)18(12,16)17/h3-5H,1,6H2,2H3,(H,14,15). The highest BCUT2D eigenvalue weighted by atomic mass is 35.7. The summed E-state index contributed by atoms with van der Waals surface area (Å²) in [4.78, 5) is 11.2. The highest BCUT2D eigenvalue weighted by Crippen LogP contribution is 2.18. The molecule has 0 atom stereocenters. The average Bonchev–Trinajstić information content (AvgIpc) is 2.23. The van der Waals surface area contributed by atoms with Crippen molar-refractivity contribution in [2.45, 2.75) is 11.8 Å². The summed E-state index contributed by atoms with van der Waals surface area (Å²) in [6.07, 6.45) is 0. The molecule has 0 aliphatic heterocycles. The third kappa shape index (κ3) is 4.12. The number of hydrogen-bond donors (Lipinski definition) is 1. The van der Waals surface area contributed by atoms with Gasteiger partial charge in [0, 0.05) is 22.8 Å². The van der Waals surface area contributed by atoms with Gasteiger partial charge in [-0.25, -0.2) is 12.8 Å². The molecule has 0 saturated heterocycles. The van der Waals surface area contributed by atoms with E-state index in [0.717, 1.165) is 18.2 Å². The molecular weight excluding hydrogens is 281 g/mol. The molecule has 1 aromatic carbocycles. The molecule has 0 aliphatic carbocycles. The van der Waals surface area contributed by atoms with Gasteiger partial charge in [-0.15, -0.1) is 0 Å². The van der Waals surface area contributed by atoms with Crippen LogP contribution in [0.2, 0.25) is 0 Å². The summed E-state index contributed by atoms with van der Waals surface area (Å²) in [7, 11) is 1.02. The predicted molar refractivity (Wildman–Crippen MR) is 66.6 cm³/mol. The minimum absolute atomic E-state index is 0.115. The van der Waals surface area contributed by atoms with Crippen molar-refractivity contribution in [1.82, 2.24) is 5.32 Å². The van der Waals surface area contributed by atoms with E-state index in [0.29, 0.717) is 5.57 Å². The quantitative estimate of drug-likeness (QED) is 0.682. The van der Waals surface area contributed by atoms with Crippen LogP contribution in [0.25, 0.3) is 0 Å². The van der Waals surface area contributed by atoms with Crippen molar-refractivity contribution in [1.29, 1.82) is 0 Å². The first-order valence-corrected chi connectivity index (χ1v) is 7.19. The van der Waals surface area contributed by atoms with Gasteiger partial charge in [0.15, 0.2) is 0 Å². The van der Waals surface area contributed by atoms with Crippen LogP contribution in [0.1, 0.15) is 17.3 Å². The van der Waals surface area contributed by atoms with Gasteiger partial charge in [0.2, 0.25) is 0 Å². The fourth-order valence-corrected chi connectivity index (χ4v) is 1.96. The van der Waals surface area contributed by atoms with Crippen LogP contribution in [0.15, 0.2) is 35.2 Å². The molecule has 1 aromatic rings. The third-order valence-corrected chi connectivity index (χ3v) is 3.30. The molecule has 18 heavy (non-hydrogen) atoms. The minimum atomic E-state index is -4.08. The fourth-order valence-electron chi connectivity index (χ4n) is 1.17. The van der Waals surface area contributed by atoms with Crippen LogP contribution in [-0.4, -0.2) is 20.9 Å². The number of halogens is 2. The van der Waals surface area contributed by atoms with E-state index in [2.05, 4.69) is 11.9 Å². The maximum absolute atomic E-state index is 13.2. The molecule has 0 fully saturated rings. The third-order valence-electron chi connectivity index (χ3n) is 1.97. The molecule has 1 rings (SSSR count). The van der Waals surface area contributed by atoms with Gasteiger partial charge in [-0.1, -0.05) is 12.2 Å². The van der Waals surface area contributed by atoms with Crippen LogP contribution >= 0.6 is 10.7 Å². The molecule has 7 heteroatoms. The number of hydrogen-bond acceptors (Lipinski definition) is 3. The summed E-state index contributed by atoms with van der Waals surface area (Å²) in [5, 5.41) is 2.46. The Morgan fingerprint density at radius 1 is 1.44 bits per heavy atom. The van der Waals surface area contributed by atoms with E-state index in [1.165, 1.54) is 0 Å². The molecule has 0 radical (unpaired) electrons. The zero-order valence-electron chi connectivity index (χ0n) is 9.54. The molecule has 0 spiro atoms. The first-order chi connectivity index (χ1) is 8.20. The van der Waals surface area contributed by atoms with E-state index >= 15 is 0 Å². The van der Waals surface area contributed by atoms with Crippen molar-refractivity contribution in [3.8, 4) is 0 Å². The molecular formula is C11H11ClFNO3S. The average molecular weight is 292 g/mol. The first-order valence-electron chi connectivity index (χ1n) is 4.88. The fraction of sp³-hybridized carbons (Fsp3) is 0.182. The number of benzene rings is 1. The molecule has 0 aliphatic rings. The first kappa shape index (κ1) is 14.7. The van der Waals surface area contributed by atoms with E-state index in [4.69, 9.17) is 10.7 Å². The van der Waals surface area contributed by atoms with Crippen molar-refractivity contribution in [3.05, 3.63) is 41.7 Å². The van der Waals surface area contributed by atoms with Gasteiger partial charge in [-0.3, -0.25) is 4.79 Å². The van der Waals surface area contributed by atoms with Gasteiger partial charge in [0.1, 0.15) is 5.82 Å². The normalized spacial score (nSPS) is 11.1. The lowest BCUT2D eigenvalue weighted by Crippen LogP contribution is -2.25. The Morgan fingerprint density at radius 2 is 2.06 bits per heavy atom. The maximum atomic E-state index is 13.2. The predicted octanol–water partition coefficient (Wildman–Crippen LogP) is 2.06. The number of nitrogens with one attached hydrogen (secondary N) is 1. The molecule has 1 N–H and O–H groups in total. The smallest absolute Gasteiger partial charge is 0.261 e. The number of carbonyl (C=O) groups excluding carboxylic acids is 1. The minimum Gasteiger partial charge on any atom is -0.348 e. The zero-order chi connectivity index (χ0) is 13.9. The number of amides is 1. The van der Waals surface area contributed by atoms with Crippen molar-refractivity contribution in [3.63, 3.8) is 0 Å². The SMILES string of the molecule is C=C(C)CNC(=O)c1cc(F)cc(S(=O)(=O)Cl)c1. The maximum Gasteiger partial charge on any atom is 0.261 e. The van der Waals surface area contributed by atoms with Crippen LogP contribution in [0.5, 0.6) is 0 Å². The van der Waals surface area contributed by atoms with Crippen molar-refractivity contribution in [2.75, 3.05) is 6.54 Å². The lowest BCUT2D eigenvalue weighted by Gasteiger charge is -2.06. The van der Waals surface area contributed by atoms with Crippen LogP contribution in [0.3, 0.4) is 0 Å². The Labute approximate surface area is 109 Å². The molecule has 4 nitrogen and oxygen atoms in total. The van der Waals surface area contributed by atoms with Gasteiger partial charge >= 0.3 is 0 Å². The van der Waals surface area contributed by atoms with Crippen LogP contribution in [0, 0.1) is 5.82 Å². The number of rotatable bonds is 4. The molecule has 0 heterocycles. The second-order valence-electron chi connectivity index (χ2n) is 3.75. The summed E-state index contributed by atoms with van der Waals surface area (Å²) in [5.74, 6) is -1.45. The molecule has 1 amide bonds. The molecule has 98 valence electrons. The monoisotopic (exact) mass is 291 g/mol. The molecule has 0 bridgehead atoms. The Morgan fingerprint density at radius 3 is 2.56 bits per heavy atom. The Hall–Kier alpha value is -1.40. The van der Waals surface area contributed by atoms with Crippen molar-refractivity contribution < 1.29 is 17.6 Å². The summed E-state index contributed by atoms with van der Waals surface area (Å²) in [6.45, 7) is 5.52. The van der Waals surface area contributed by atoms with Crippen molar-refractivity contribution in [2.24, 2.45) is 0 Å². The summed E-state index contributed by atoms with van der Waals surface area (Å²) in [6, 6.07) is 2.69. The number of carbonyl (C=O) groups is 1.